The summed E-state index contributed by atoms with van der Waals surface area (Å²) in [6.45, 7) is 2.04. The molecule has 0 aliphatic carbocycles. The predicted molar refractivity (Wildman–Crippen MR) is 106 cm³/mol. The van der Waals surface area contributed by atoms with Crippen LogP contribution in [0.3, 0.4) is 0 Å². The zero-order valence-corrected chi connectivity index (χ0v) is 16.4. The molecule has 3 N–H and O–H groups in total. The molecule has 0 bridgehead atoms. The van der Waals surface area contributed by atoms with Crippen molar-refractivity contribution < 1.29 is 19.4 Å². The Kier molecular flexibility index (Phi) is 5.02. The van der Waals surface area contributed by atoms with Gasteiger partial charge in [0.05, 0.1) is 6.04 Å². The van der Waals surface area contributed by atoms with Crippen LogP contribution in [0.15, 0.2) is 36.4 Å². The quantitative estimate of drug-likeness (QED) is 0.591. The Morgan fingerprint density at radius 1 is 1.28 bits per heavy atom. The van der Waals surface area contributed by atoms with Gasteiger partial charge in [-0.1, -0.05) is 23.7 Å². The first-order valence-corrected chi connectivity index (χ1v) is 9.55. The number of amides is 1. The van der Waals surface area contributed by atoms with Crippen LogP contribution in [0.2, 0.25) is 5.02 Å². The number of hydrogen-bond donors (Lipinski definition) is 3. The van der Waals surface area contributed by atoms with Gasteiger partial charge in [0.2, 0.25) is 0 Å². The Balaban J connectivity index is 1.89. The fourth-order valence-corrected chi connectivity index (χ4v) is 3.88. The second kappa shape index (κ2) is 7.50. The van der Waals surface area contributed by atoms with Crippen LogP contribution >= 0.6 is 11.6 Å². The molecule has 150 valence electrons. The number of aromatic hydroxyl groups is 1. The number of carbonyl (C=O) groups is 1. The lowest BCUT2D eigenvalue weighted by atomic mass is 9.95. The SMILES string of the molecule is Cc1cc(O)c(-c2n[nH]c3c2C(c2ccc(F)cc2)N(CCCO)C3=O)cc1Cl. The molecule has 0 saturated heterocycles. The second-order valence-corrected chi connectivity index (χ2v) is 7.42. The number of aliphatic hydroxyl groups excluding tert-OH is 1. The number of benzene rings is 2. The molecule has 1 atom stereocenters. The molecule has 0 radical (unpaired) electrons. The van der Waals surface area contributed by atoms with E-state index in [0.717, 1.165) is 5.56 Å². The molecule has 1 aliphatic rings. The maximum Gasteiger partial charge on any atom is 0.273 e. The van der Waals surface area contributed by atoms with Gasteiger partial charge < -0.3 is 15.1 Å². The molecule has 3 aromatic rings. The number of halogens is 2. The number of H-pyrrole nitrogens is 1. The number of nitrogens with one attached hydrogen (secondary N) is 1. The molecule has 1 unspecified atom stereocenters. The summed E-state index contributed by atoms with van der Waals surface area (Å²) in [6.07, 6.45) is 0.401. The Hall–Kier alpha value is -2.90. The lowest BCUT2D eigenvalue weighted by Gasteiger charge is -2.26. The molecule has 2 heterocycles. The van der Waals surface area contributed by atoms with Crippen LogP contribution in [0.5, 0.6) is 5.75 Å². The summed E-state index contributed by atoms with van der Waals surface area (Å²) in [5.74, 6) is -0.643. The summed E-state index contributed by atoms with van der Waals surface area (Å²) in [4.78, 5) is 14.6. The van der Waals surface area contributed by atoms with Crippen molar-refractivity contribution in [1.29, 1.82) is 0 Å². The molecule has 1 aromatic heterocycles. The number of aryl methyl sites for hydroxylation is 1. The van der Waals surface area contributed by atoms with E-state index in [-0.39, 0.29) is 24.1 Å². The van der Waals surface area contributed by atoms with Gasteiger partial charge in [-0.2, -0.15) is 5.10 Å². The van der Waals surface area contributed by atoms with E-state index in [1.807, 2.05) is 0 Å². The summed E-state index contributed by atoms with van der Waals surface area (Å²) in [5, 5.41) is 27.3. The van der Waals surface area contributed by atoms with Gasteiger partial charge in [-0.25, -0.2) is 4.39 Å². The van der Waals surface area contributed by atoms with E-state index >= 15 is 0 Å². The Morgan fingerprint density at radius 2 is 2.00 bits per heavy atom. The third kappa shape index (κ3) is 3.26. The normalized spacial score (nSPS) is 15.8. The number of fused-ring (bicyclic) bond motifs is 1. The van der Waals surface area contributed by atoms with E-state index in [4.69, 9.17) is 11.6 Å². The summed E-state index contributed by atoms with van der Waals surface area (Å²) >= 11 is 6.25. The third-order valence-corrected chi connectivity index (χ3v) is 5.55. The minimum atomic E-state index is -0.530. The predicted octanol–water partition coefficient (Wildman–Crippen LogP) is 3.81. The highest BCUT2D eigenvalue weighted by molar-refractivity contribution is 6.31. The average molecular weight is 416 g/mol. The number of phenolic OH excluding ortho intramolecular Hbond substituents is 1. The van der Waals surface area contributed by atoms with E-state index in [1.165, 1.54) is 12.1 Å². The van der Waals surface area contributed by atoms with Gasteiger partial charge in [-0.15, -0.1) is 0 Å². The molecule has 0 saturated carbocycles. The molecule has 1 aliphatic heterocycles. The standard InChI is InChI=1S/C21H19ClFN3O3/c1-11-9-16(28)14(10-15(11)22)18-17-19(25-24-18)21(29)26(7-2-8-27)20(17)12-3-5-13(23)6-4-12/h3-6,9-10,20,27-28H,2,7-8H2,1H3,(H,24,25). The smallest absolute Gasteiger partial charge is 0.273 e. The fourth-order valence-electron chi connectivity index (χ4n) is 3.72. The average Bonchev–Trinajstić information content (AvgIpc) is 3.23. The number of aliphatic hydroxyl groups is 1. The number of aromatic nitrogens is 2. The molecule has 0 spiro atoms. The van der Waals surface area contributed by atoms with Crippen molar-refractivity contribution in [1.82, 2.24) is 15.1 Å². The van der Waals surface area contributed by atoms with Gasteiger partial charge in [0, 0.05) is 29.3 Å². The number of rotatable bonds is 5. The van der Waals surface area contributed by atoms with Crippen molar-refractivity contribution in [2.75, 3.05) is 13.2 Å². The van der Waals surface area contributed by atoms with E-state index in [2.05, 4.69) is 10.2 Å². The fraction of sp³-hybridized carbons (Fsp3) is 0.238. The van der Waals surface area contributed by atoms with Crippen LogP contribution < -0.4 is 0 Å². The minimum absolute atomic E-state index is 0.000290. The van der Waals surface area contributed by atoms with Crippen molar-refractivity contribution in [2.45, 2.75) is 19.4 Å². The van der Waals surface area contributed by atoms with Crippen LogP contribution in [-0.2, 0) is 0 Å². The first-order valence-electron chi connectivity index (χ1n) is 9.17. The van der Waals surface area contributed by atoms with Crippen molar-refractivity contribution in [3.8, 4) is 17.0 Å². The van der Waals surface area contributed by atoms with Gasteiger partial charge in [-0.3, -0.25) is 9.89 Å². The number of aromatic amines is 1. The largest absolute Gasteiger partial charge is 0.507 e. The summed E-state index contributed by atoms with van der Waals surface area (Å²) < 4.78 is 13.5. The maximum absolute atomic E-state index is 13.5. The van der Waals surface area contributed by atoms with Crippen molar-refractivity contribution >= 4 is 17.5 Å². The molecule has 29 heavy (non-hydrogen) atoms. The highest BCUT2D eigenvalue weighted by atomic mass is 35.5. The second-order valence-electron chi connectivity index (χ2n) is 7.01. The van der Waals surface area contributed by atoms with Crippen LogP contribution in [0.4, 0.5) is 4.39 Å². The van der Waals surface area contributed by atoms with Crippen LogP contribution in [0.25, 0.3) is 11.3 Å². The lowest BCUT2D eigenvalue weighted by Crippen LogP contribution is -2.31. The van der Waals surface area contributed by atoms with E-state index in [0.29, 0.717) is 46.1 Å². The zero-order valence-electron chi connectivity index (χ0n) is 15.6. The lowest BCUT2D eigenvalue weighted by molar-refractivity contribution is 0.0732. The molecule has 8 heteroatoms. The number of carbonyl (C=O) groups excluding carboxylic acids is 1. The van der Waals surface area contributed by atoms with E-state index < -0.39 is 6.04 Å². The number of hydrogen-bond acceptors (Lipinski definition) is 4. The number of nitrogens with zero attached hydrogens (tertiary/aromatic N) is 2. The van der Waals surface area contributed by atoms with Crippen LogP contribution in [-0.4, -0.2) is 44.4 Å². The van der Waals surface area contributed by atoms with Crippen LogP contribution in [0.1, 0.15) is 39.6 Å². The topological polar surface area (TPSA) is 89.5 Å². The van der Waals surface area contributed by atoms with E-state index in [1.54, 1.807) is 36.1 Å². The molecule has 6 nitrogen and oxygen atoms in total. The minimum Gasteiger partial charge on any atom is -0.507 e. The summed E-state index contributed by atoms with van der Waals surface area (Å²) in [5.41, 5.74) is 3.14. The summed E-state index contributed by atoms with van der Waals surface area (Å²) in [6, 6.07) is 8.54. The molecular weight excluding hydrogens is 397 g/mol. The van der Waals surface area contributed by atoms with E-state index in [9.17, 15) is 19.4 Å². The first-order chi connectivity index (χ1) is 13.9. The molecular formula is C21H19ClFN3O3. The Bertz CT molecular complexity index is 1080. The van der Waals surface area contributed by atoms with Gasteiger partial charge in [-0.05, 0) is 48.7 Å². The van der Waals surface area contributed by atoms with Gasteiger partial charge in [0.1, 0.15) is 23.0 Å². The van der Waals surface area contributed by atoms with Gasteiger partial charge in [0.15, 0.2) is 0 Å². The first kappa shape index (κ1) is 19.4. The number of phenols is 1. The maximum atomic E-state index is 13.5. The summed E-state index contributed by atoms with van der Waals surface area (Å²) in [7, 11) is 0. The highest BCUT2D eigenvalue weighted by Crippen LogP contribution is 2.45. The Labute approximate surface area is 171 Å². The molecule has 4 rings (SSSR count). The van der Waals surface area contributed by atoms with Crippen molar-refractivity contribution in [2.24, 2.45) is 0 Å². The highest BCUT2D eigenvalue weighted by Gasteiger charge is 2.42. The Morgan fingerprint density at radius 3 is 2.69 bits per heavy atom. The molecule has 1 amide bonds. The van der Waals surface area contributed by atoms with Crippen molar-refractivity contribution in [3.05, 3.63) is 69.6 Å². The monoisotopic (exact) mass is 415 g/mol. The molecule has 2 aromatic carbocycles. The third-order valence-electron chi connectivity index (χ3n) is 5.14. The zero-order chi connectivity index (χ0) is 20.7. The van der Waals surface area contributed by atoms with Gasteiger partial charge >= 0.3 is 0 Å². The molecule has 0 fully saturated rings. The van der Waals surface area contributed by atoms with Crippen LogP contribution in [0, 0.1) is 12.7 Å². The van der Waals surface area contributed by atoms with Gasteiger partial charge in [0.25, 0.3) is 5.91 Å². The van der Waals surface area contributed by atoms with Crippen molar-refractivity contribution in [3.63, 3.8) is 0 Å².